The van der Waals surface area contributed by atoms with Gasteiger partial charge < -0.3 is 11.6 Å². The van der Waals surface area contributed by atoms with Gasteiger partial charge in [0.25, 0.3) is 0 Å². The second-order valence-corrected chi connectivity index (χ2v) is 3.25. The minimum atomic E-state index is -1.02. The van der Waals surface area contributed by atoms with E-state index in [1.807, 2.05) is 0 Å². The summed E-state index contributed by atoms with van der Waals surface area (Å²) in [5.74, 6) is -1.70. The first-order chi connectivity index (χ1) is 5.11. The molecule has 0 saturated carbocycles. The molecule has 0 aromatic carbocycles. The average molecular weight is 185 g/mol. The fourth-order valence-electron chi connectivity index (χ4n) is 0.757. The Hall–Kier alpha value is -0.153. The Morgan fingerprint density at radius 1 is 1.42 bits per heavy atom. The molecular formula is C5H8LiNO4S. The summed E-state index contributed by atoms with van der Waals surface area (Å²) in [6.07, 6.45) is 0. The molecule has 2 atom stereocenters. The first-order valence-electron chi connectivity index (χ1n) is 2.94. The van der Waals surface area contributed by atoms with Crippen molar-refractivity contribution in [3.63, 3.8) is 0 Å². The molecule has 0 aromatic heterocycles. The summed E-state index contributed by atoms with van der Waals surface area (Å²) in [6, 6.07) is -0.721. The maximum atomic E-state index is 10.3. The standard InChI is InChI=1S/C5H7NO4S.Li.H/c7-4(8)2-1-11-3(6-2)5(9)10;;/h2-3,6H,1H2,(H,7,8)(H,9,10);;/q;+1;-1. The van der Waals surface area contributed by atoms with Crippen LogP contribution in [-0.4, -0.2) is 39.3 Å². The molecule has 0 bridgehead atoms. The van der Waals surface area contributed by atoms with Crippen LogP contribution in [0.15, 0.2) is 0 Å². The summed E-state index contributed by atoms with van der Waals surface area (Å²) in [4.78, 5) is 20.6. The molecule has 64 valence electrons. The van der Waals surface area contributed by atoms with E-state index in [-0.39, 0.29) is 20.3 Å². The smallest absolute Gasteiger partial charge is 1.00 e. The largest absolute Gasteiger partial charge is 1.00 e. The fraction of sp³-hybridized carbons (Fsp3) is 0.600. The van der Waals surface area contributed by atoms with Gasteiger partial charge in [0.05, 0.1) is 0 Å². The van der Waals surface area contributed by atoms with Crippen LogP contribution < -0.4 is 24.2 Å². The molecule has 2 unspecified atom stereocenters. The van der Waals surface area contributed by atoms with Crippen LogP contribution in [0.1, 0.15) is 1.43 Å². The van der Waals surface area contributed by atoms with E-state index in [0.29, 0.717) is 5.75 Å². The third-order valence-corrected chi connectivity index (χ3v) is 2.50. The van der Waals surface area contributed by atoms with Crippen molar-refractivity contribution in [2.45, 2.75) is 11.4 Å². The topological polar surface area (TPSA) is 86.6 Å². The van der Waals surface area contributed by atoms with Crippen molar-refractivity contribution in [3.05, 3.63) is 0 Å². The number of carboxylic acid groups (broad SMARTS) is 2. The Morgan fingerprint density at radius 3 is 2.25 bits per heavy atom. The van der Waals surface area contributed by atoms with Gasteiger partial charge in [-0.3, -0.25) is 10.1 Å². The van der Waals surface area contributed by atoms with Gasteiger partial charge in [-0.25, -0.2) is 4.79 Å². The van der Waals surface area contributed by atoms with E-state index in [1.165, 1.54) is 0 Å². The zero-order valence-electron chi connectivity index (χ0n) is 7.48. The van der Waals surface area contributed by atoms with Crippen LogP contribution in [0.4, 0.5) is 0 Å². The average Bonchev–Trinajstić information content (AvgIpc) is 2.33. The Labute approximate surface area is 86.6 Å². The van der Waals surface area contributed by atoms with Crippen LogP contribution in [0, 0.1) is 0 Å². The Kier molecular flexibility index (Phi) is 4.71. The third-order valence-electron chi connectivity index (χ3n) is 1.30. The zero-order valence-corrected chi connectivity index (χ0v) is 7.30. The van der Waals surface area contributed by atoms with Crippen molar-refractivity contribution in [2.24, 2.45) is 0 Å². The van der Waals surface area contributed by atoms with Gasteiger partial charge in [-0.15, -0.1) is 11.8 Å². The van der Waals surface area contributed by atoms with Crippen LogP contribution in [0.5, 0.6) is 0 Å². The molecule has 3 N–H and O–H groups in total. The molecule has 1 fully saturated rings. The minimum absolute atomic E-state index is 0. The number of hydrogen-bond donors (Lipinski definition) is 3. The van der Waals surface area contributed by atoms with Gasteiger partial charge in [0.15, 0.2) is 5.37 Å². The molecule has 7 heteroatoms. The van der Waals surface area contributed by atoms with Crippen molar-refractivity contribution < 1.29 is 40.1 Å². The van der Waals surface area contributed by atoms with Crippen molar-refractivity contribution in [2.75, 3.05) is 5.75 Å². The molecule has 1 heterocycles. The molecule has 5 nitrogen and oxygen atoms in total. The van der Waals surface area contributed by atoms with Crippen LogP contribution >= 0.6 is 11.8 Å². The summed E-state index contributed by atoms with van der Waals surface area (Å²) in [5.41, 5.74) is 0. The van der Waals surface area contributed by atoms with E-state index >= 15 is 0 Å². The van der Waals surface area contributed by atoms with Crippen molar-refractivity contribution >= 4 is 23.7 Å². The van der Waals surface area contributed by atoms with Gasteiger partial charge in [-0.1, -0.05) is 0 Å². The number of carbonyl (C=O) groups is 2. The molecule has 0 amide bonds. The van der Waals surface area contributed by atoms with E-state index in [0.717, 1.165) is 11.8 Å². The SMILES string of the molecule is O=C(O)C1CSC(C(=O)O)N1.[H-].[Li+]. The summed E-state index contributed by atoms with van der Waals surface area (Å²) in [7, 11) is 0. The van der Waals surface area contributed by atoms with Gasteiger partial charge >= 0.3 is 30.8 Å². The van der Waals surface area contributed by atoms with Crippen LogP contribution in [0.3, 0.4) is 0 Å². The first-order valence-corrected chi connectivity index (χ1v) is 3.99. The van der Waals surface area contributed by atoms with E-state index < -0.39 is 23.4 Å². The second kappa shape index (κ2) is 4.77. The molecule has 12 heavy (non-hydrogen) atoms. The third kappa shape index (κ3) is 2.72. The second-order valence-electron chi connectivity index (χ2n) is 2.11. The number of thioether (sulfide) groups is 1. The number of carboxylic acids is 2. The zero-order chi connectivity index (χ0) is 8.43. The summed E-state index contributed by atoms with van der Waals surface area (Å²) in [6.45, 7) is 0. The number of hydrogen-bond acceptors (Lipinski definition) is 4. The van der Waals surface area contributed by atoms with Crippen LogP contribution in [0.2, 0.25) is 0 Å². The molecule has 1 aliphatic rings. The Morgan fingerprint density at radius 2 is 2.00 bits per heavy atom. The fourth-order valence-corrected chi connectivity index (χ4v) is 1.78. The van der Waals surface area contributed by atoms with Crippen molar-refractivity contribution in [1.29, 1.82) is 0 Å². The van der Waals surface area contributed by atoms with Crippen molar-refractivity contribution in [3.8, 4) is 0 Å². The molecule has 1 aliphatic heterocycles. The molecule has 0 spiro atoms. The predicted octanol–water partition coefficient (Wildman–Crippen LogP) is -3.70. The van der Waals surface area contributed by atoms with Crippen LogP contribution in [-0.2, 0) is 9.59 Å². The maximum Gasteiger partial charge on any atom is 1.00 e. The first kappa shape index (κ1) is 11.8. The maximum absolute atomic E-state index is 10.3. The molecule has 0 aromatic rings. The molecule has 0 radical (unpaired) electrons. The van der Waals surface area contributed by atoms with Crippen LogP contribution in [0.25, 0.3) is 0 Å². The quantitative estimate of drug-likeness (QED) is 0.384. The van der Waals surface area contributed by atoms with Gasteiger partial charge in [-0.05, 0) is 0 Å². The van der Waals surface area contributed by atoms with E-state index in [2.05, 4.69) is 5.32 Å². The van der Waals surface area contributed by atoms with Gasteiger partial charge in [-0.2, -0.15) is 0 Å². The van der Waals surface area contributed by atoms with E-state index in [1.54, 1.807) is 0 Å². The number of nitrogens with one attached hydrogen (secondary N) is 1. The van der Waals surface area contributed by atoms with E-state index in [9.17, 15) is 9.59 Å². The Bertz CT molecular complexity index is 185. The van der Waals surface area contributed by atoms with Crippen molar-refractivity contribution in [1.82, 2.24) is 5.32 Å². The van der Waals surface area contributed by atoms with Gasteiger partial charge in [0.2, 0.25) is 0 Å². The van der Waals surface area contributed by atoms with Gasteiger partial charge in [0, 0.05) is 5.75 Å². The molecular weight excluding hydrogens is 177 g/mol. The van der Waals surface area contributed by atoms with E-state index in [4.69, 9.17) is 10.2 Å². The Balaban J connectivity index is 0. The molecule has 1 saturated heterocycles. The number of aliphatic carboxylic acids is 2. The minimum Gasteiger partial charge on any atom is -1.00 e. The summed E-state index contributed by atoms with van der Waals surface area (Å²) < 4.78 is 0. The number of rotatable bonds is 2. The summed E-state index contributed by atoms with van der Waals surface area (Å²) >= 11 is 1.10. The molecule has 1 rings (SSSR count). The normalized spacial score (nSPS) is 27.7. The summed E-state index contributed by atoms with van der Waals surface area (Å²) in [5, 5.41) is 18.6. The predicted molar refractivity (Wildman–Crippen MR) is 39.6 cm³/mol. The van der Waals surface area contributed by atoms with Gasteiger partial charge in [0.1, 0.15) is 6.04 Å². The monoisotopic (exact) mass is 185 g/mol. The molecule has 0 aliphatic carbocycles.